The molecule has 4 heteroatoms. The number of rotatable bonds is 7. The van der Waals surface area contributed by atoms with Gasteiger partial charge in [-0.3, -0.25) is 0 Å². The third-order valence-electron chi connectivity index (χ3n) is 5.13. The van der Waals surface area contributed by atoms with Gasteiger partial charge in [-0.05, 0) is 60.6 Å². The standard InChI is InChI=1S/C21H27NO3/c1-24-19-6-8-20(9-7-19)25-13-11-16-2-4-17(5-3-16)18-10-12-21(22,14-18)15-23/h2-9,18,23H,10-15,22H2,1H3/t18-,21+/m1/s1. The fraction of sp³-hybridized carbons (Fsp3) is 0.429. The molecule has 25 heavy (non-hydrogen) atoms. The monoisotopic (exact) mass is 341 g/mol. The van der Waals surface area contributed by atoms with Gasteiger partial charge >= 0.3 is 0 Å². The highest BCUT2D eigenvalue weighted by molar-refractivity contribution is 5.31. The van der Waals surface area contributed by atoms with Crippen molar-refractivity contribution in [1.82, 2.24) is 0 Å². The molecule has 1 saturated carbocycles. The predicted molar refractivity (Wildman–Crippen MR) is 99.2 cm³/mol. The third-order valence-corrected chi connectivity index (χ3v) is 5.13. The minimum Gasteiger partial charge on any atom is -0.497 e. The summed E-state index contributed by atoms with van der Waals surface area (Å²) in [6.45, 7) is 0.718. The summed E-state index contributed by atoms with van der Waals surface area (Å²) in [5, 5.41) is 9.41. The first kappa shape index (κ1) is 17.8. The minimum atomic E-state index is -0.393. The number of nitrogens with two attached hydrogens (primary N) is 1. The summed E-state index contributed by atoms with van der Waals surface area (Å²) in [4.78, 5) is 0. The molecule has 2 atom stereocenters. The van der Waals surface area contributed by atoms with Crippen molar-refractivity contribution >= 4 is 0 Å². The first-order chi connectivity index (χ1) is 12.1. The summed E-state index contributed by atoms with van der Waals surface area (Å²) >= 11 is 0. The Kier molecular flexibility index (Phi) is 5.61. The van der Waals surface area contributed by atoms with Crippen LogP contribution in [0.4, 0.5) is 0 Å². The highest BCUT2D eigenvalue weighted by Crippen LogP contribution is 2.39. The van der Waals surface area contributed by atoms with Gasteiger partial charge in [-0.25, -0.2) is 0 Å². The van der Waals surface area contributed by atoms with E-state index in [2.05, 4.69) is 24.3 Å². The van der Waals surface area contributed by atoms with E-state index in [-0.39, 0.29) is 6.61 Å². The molecule has 4 nitrogen and oxygen atoms in total. The topological polar surface area (TPSA) is 64.7 Å². The molecule has 0 bridgehead atoms. The Balaban J connectivity index is 1.49. The first-order valence-corrected chi connectivity index (χ1v) is 8.87. The number of hydrogen-bond donors (Lipinski definition) is 2. The van der Waals surface area contributed by atoms with Crippen LogP contribution in [0, 0.1) is 0 Å². The summed E-state index contributed by atoms with van der Waals surface area (Å²) < 4.78 is 10.9. The molecule has 0 aliphatic heterocycles. The van der Waals surface area contributed by atoms with Gasteiger partial charge in [0.2, 0.25) is 0 Å². The van der Waals surface area contributed by atoms with Gasteiger partial charge in [0.05, 0.1) is 20.3 Å². The molecular weight excluding hydrogens is 314 g/mol. The third kappa shape index (κ3) is 4.53. The van der Waals surface area contributed by atoms with Gasteiger partial charge in [-0.15, -0.1) is 0 Å². The van der Waals surface area contributed by atoms with Crippen LogP contribution in [-0.2, 0) is 6.42 Å². The lowest BCUT2D eigenvalue weighted by Gasteiger charge is -2.21. The molecule has 0 amide bonds. The van der Waals surface area contributed by atoms with Crippen LogP contribution in [0.5, 0.6) is 11.5 Å². The zero-order chi connectivity index (χ0) is 17.7. The largest absolute Gasteiger partial charge is 0.497 e. The molecule has 2 aromatic rings. The number of aliphatic hydroxyl groups is 1. The van der Waals surface area contributed by atoms with Gasteiger partial charge in [-0.1, -0.05) is 24.3 Å². The second kappa shape index (κ2) is 7.89. The average molecular weight is 341 g/mol. The van der Waals surface area contributed by atoms with Gasteiger partial charge in [0, 0.05) is 12.0 Å². The SMILES string of the molecule is COc1ccc(OCCc2ccc([C@@H]3CC[C@@](N)(CO)C3)cc2)cc1. The molecule has 0 spiro atoms. The molecule has 3 N–H and O–H groups in total. The summed E-state index contributed by atoms with van der Waals surface area (Å²) in [6, 6.07) is 16.4. The van der Waals surface area contributed by atoms with Crippen LogP contribution in [0.1, 0.15) is 36.3 Å². The number of benzene rings is 2. The van der Waals surface area contributed by atoms with Crippen LogP contribution >= 0.6 is 0 Å². The Morgan fingerprint density at radius 1 is 1.08 bits per heavy atom. The Bertz CT molecular complexity index is 669. The molecule has 0 saturated heterocycles. The zero-order valence-electron chi connectivity index (χ0n) is 14.8. The van der Waals surface area contributed by atoms with Crippen LogP contribution in [0.25, 0.3) is 0 Å². The van der Waals surface area contributed by atoms with Crippen molar-refractivity contribution < 1.29 is 14.6 Å². The van der Waals surface area contributed by atoms with Crippen LogP contribution in [-0.4, -0.2) is 31.0 Å². The van der Waals surface area contributed by atoms with Crippen LogP contribution in [0.3, 0.4) is 0 Å². The highest BCUT2D eigenvalue weighted by Gasteiger charge is 2.35. The van der Waals surface area contributed by atoms with E-state index in [0.29, 0.717) is 12.5 Å². The quantitative estimate of drug-likeness (QED) is 0.811. The number of aliphatic hydroxyl groups excluding tert-OH is 1. The number of methoxy groups -OCH3 is 1. The number of hydrogen-bond acceptors (Lipinski definition) is 4. The fourth-order valence-electron chi connectivity index (χ4n) is 3.50. The van der Waals surface area contributed by atoms with E-state index in [1.807, 2.05) is 24.3 Å². The lowest BCUT2D eigenvalue weighted by molar-refractivity contribution is 0.198. The number of ether oxygens (including phenoxy) is 2. The van der Waals surface area contributed by atoms with Crippen molar-refractivity contribution in [3.63, 3.8) is 0 Å². The second-order valence-corrected chi connectivity index (χ2v) is 6.98. The maximum Gasteiger partial charge on any atom is 0.119 e. The maximum atomic E-state index is 9.41. The minimum absolute atomic E-state index is 0.0737. The average Bonchev–Trinajstić information content (AvgIpc) is 3.06. The van der Waals surface area contributed by atoms with E-state index >= 15 is 0 Å². The molecule has 1 fully saturated rings. The van der Waals surface area contributed by atoms with Crippen molar-refractivity contribution in [2.24, 2.45) is 5.73 Å². The van der Waals surface area contributed by atoms with E-state index < -0.39 is 5.54 Å². The van der Waals surface area contributed by atoms with E-state index in [1.54, 1.807) is 7.11 Å². The second-order valence-electron chi connectivity index (χ2n) is 6.98. The van der Waals surface area contributed by atoms with Gasteiger partial charge < -0.3 is 20.3 Å². The van der Waals surface area contributed by atoms with E-state index in [0.717, 1.165) is 37.2 Å². The molecule has 1 aliphatic rings. The Labute approximate surface area is 149 Å². The summed E-state index contributed by atoms with van der Waals surface area (Å²) in [5.41, 5.74) is 8.37. The smallest absolute Gasteiger partial charge is 0.119 e. The predicted octanol–water partition coefficient (Wildman–Crippen LogP) is 3.27. The molecule has 2 aromatic carbocycles. The maximum absolute atomic E-state index is 9.41. The highest BCUT2D eigenvalue weighted by atomic mass is 16.5. The van der Waals surface area contributed by atoms with Gasteiger partial charge in [0.25, 0.3) is 0 Å². The molecule has 0 radical (unpaired) electrons. The molecule has 134 valence electrons. The Morgan fingerprint density at radius 3 is 2.36 bits per heavy atom. The van der Waals surface area contributed by atoms with E-state index in [4.69, 9.17) is 15.2 Å². The molecular formula is C21H27NO3. The first-order valence-electron chi connectivity index (χ1n) is 8.87. The fourth-order valence-corrected chi connectivity index (χ4v) is 3.50. The van der Waals surface area contributed by atoms with E-state index in [1.165, 1.54) is 11.1 Å². The van der Waals surface area contributed by atoms with Crippen LogP contribution in [0.2, 0.25) is 0 Å². The Hall–Kier alpha value is -2.04. The van der Waals surface area contributed by atoms with Crippen LogP contribution < -0.4 is 15.2 Å². The normalized spacial score (nSPS) is 22.8. The summed E-state index contributed by atoms with van der Waals surface area (Å²) in [5.74, 6) is 2.14. The van der Waals surface area contributed by atoms with Crippen molar-refractivity contribution in [2.45, 2.75) is 37.1 Å². The van der Waals surface area contributed by atoms with Gasteiger partial charge in [0.1, 0.15) is 11.5 Å². The van der Waals surface area contributed by atoms with E-state index in [9.17, 15) is 5.11 Å². The van der Waals surface area contributed by atoms with Crippen molar-refractivity contribution in [3.8, 4) is 11.5 Å². The molecule has 0 heterocycles. The summed E-state index contributed by atoms with van der Waals surface area (Å²) in [6.07, 6.45) is 3.68. The van der Waals surface area contributed by atoms with Crippen molar-refractivity contribution in [3.05, 3.63) is 59.7 Å². The van der Waals surface area contributed by atoms with Crippen molar-refractivity contribution in [2.75, 3.05) is 20.3 Å². The molecule has 1 aliphatic carbocycles. The van der Waals surface area contributed by atoms with Gasteiger partial charge in [0.15, 0.2) is 0 Å². The Morgan fingerprint density at radius 2 is 1.76 bits per heavy atom. The van der Waals surface area contributed by atoms with Crippen LogP contribution in [0.15, 0.2) is 48.5 Å². The summed E-state index contributed by atoms with van der Waals surface area (Å²) in [7, 11) is 1.66. The molecule has 3 rings (SSSR count). The molecule has 0 unspecified atom stereocenters. The lowest BCUT2D eigenvalue weighted by atomic mass is 9.93. The van der Waals surface area contributed by atoms with Crippen molar-refractivity contribution in [1.29, 1.82) is 0 Å². The lowest BCUT2D eigenvalue weighted by Crippen LogP contribution is -2.40. The van der Waals surface area contributed by atoms with Gasteiger partial charge in [-0.2, -0.15) is 0 Å². The molecule has 0 aromatic heterocycles. The zero-order valence-corrected chi connectivity index (χ0v) is 14.8.